The zero-order chi connectivity index (χ0) is 19.8. The van der Waals surface area contributed by atoms with Crippen LogP contribution in [0, 0.1) is 0 Å². The van der Waals surface area contributed by atoms with Crippen molar-refractivity contribution in [2.45, 2.75) is 0 Å². The molecular weight excluding hydrogens is 366 g/mol. The molecule has 1 N–H and O–H groups in total. The van der Waals surface area contributed by atoms with Crippen molar-refractivity contribution in [2.75, 3.05) is 46.2 Å². The summed E-state index contributed by atoms with van der Waals surface area (Å²) in [6.07, 6.45) is 0. The summed E-state index contributed by atoms with van der Waals surface area (Å²) in [7, 11) is 5.25. The zero-order valence-electron chi connectivity index (χ0n) is 15.7. The van der Waals surface area contributed by atoms with Crippen LogP contribution in [0.5, 0.6) is 5.75 Å². The van der Waals surface area contributed by atoms with Gasteiger partial charge in [-0.15, -0.1) is 0 Å². The number of hydrogen-bond donors (Lipinski definition) is 1. The fourth-order valence-corrected chi connectivity index (χ4v) is 2.46. The largest absolute Gasteiger partial charge is 0.492 e. The standard InChI is InChI=1S/C20H24ClN3O3/c1-23(2)20(26)15-4-8-17(9-5-15)22-19(25)14-24(3)12-13-27-18-10-6-16(21)7-11-18/h4-11H,12-14H2,1-3H3,(H,22,25). The van der Waals surface area contributed by atoms with Gasteiger partial charge in [-0.1, -0.05) is 11.6 Å². The van der Waals surface area contributed by atoms with E-state index in [2.05, 4.69) is 5.32 Å². The van der Waals surface area contributed by atoms with Crippen molar-refractivity contribution in [3.63, 3.8) is 0 Å². The average molecular weight is 390 g/mol. The van der Waals surface area contributed by atoms with Crippen molar-refractivity contribution >= 4 is 29.1 Å². The topological polar surface area (TPSA) is 61.9 Å². The summed E-state index contributed by atoms with van der Waals surface area (Å²) in [5.74, 6) is 0.536. The summed E-state index contributed by atoms with van der Waals surface area (Å²) in [4.78, 5) is 27.4. The summed E-state index contributed by atoms with van der Waals surface area (Å²) >= 11 is 5.83. The van der Waals surface area contributed by atoms with Crippen LogP contribution < -0.4 is 10.1 Å². The number of ether oxygens (including phenoxy) is 1. The molecule has 0 radical (unpaired) electrons. The molecule has 0 aliphatic heterocycles. The highest BCUT2D eigenvalue weighted by atomic mass is 35.5. The molecule has 144 valence electrons. The SMILES string of the molecule is CN(CCOc1ccc(Cl)cc1)CC(=O)Nc1ccc(C(=O)N(C)C)cc1. The van der Waals surface area contributed by atoms with Crippen molar-refractivity contribution in [1.29, 1.82) is 0 Å². The number of carbonyl (C=O) groups is 2. The lowest BCUT2D eigenvalue weighted by Gasteiger charge is -2.17. The predicted octanol–water partition coefficient (Wildman–Crippen LogP) is 2.99. The lowest BCUT2D eigenvalue weighted by atomic mass is 10.2. The van der Waals surface area contributed by atoms with E-state index in [4.69, 9.17) is 16.3 Å². The molecule has 0 heterocycles. The molecule has 0 aliphatic rings. The number of hydrogen-bond acceptors (Lipinski definition) is 4. The molecular formula is C20H24ClN3O3. The van der Waals surface area contributed by atoms with Crippen LogP contribution in [0.4, 0.5) is 5.69 Å². The molecule has 0 unspecified atom stereocenters. The highest BCUT2D eigenvalue weighted by Crippen LogP contribution is 2.15. The maximum Gasteiger partial charge on any atom is 0.253 e. The zero-order valence-corrected chi connectivity index (χ0v) is 16.5. The summed E-state index contributed by atoms with van der Waals surface area (Å²) in [6, 6.07) is 14.0. The number of benzene rings is 2. The quantitative estimate of drug-likeness (QED) is 0.754. The number of nitrogens with zero attached hydrogens (tertiary/aromatic N) is 2. The van der Waals surface area contributed by atoms with Crippen molar-refractivity contribution in [1.82, 2.24) is 9.80 Å². The van der Waals surface area contributed by atoms with Gasteiger partial charge in [0.05, 0.1) is 6.54 Å². The molecule has 0 atom stereocenters. The molecule has 0 fully saturated rings. The van der Waals surface area contributed by atoms with Gasteiger partial charge in [-0.3, -0.25) is 14.5 Å². The molecule has 0 saturated heterocycles. The first-order valence-electron chi connectivity index (χ1n) is 8.53. The van der Waals surface area contributed by atoms with Crippen LogP contribution in [-0.4, -0.2) is 62.5 Å². The highest BCUT2D eigenvalue weighted by Gasteiger charge is 2.10. The number of likely N-dealkylation sites (N-methyl/N-ethyl adjacent to an activating group) is 1. The van der Waals surface area contributed by atoms with Crippen molar-refractivity contribution in [3.8, 4) is 5.75 Å². The molecule has 2 amide bonds. The van der Waals surface area contributed by atoms with Gasteiger partial charge in [-0.05, 0) is 55.6 Å². The Labute approximate surface area is 164 Å². The van der Waals surface area contributed by atoms with Crippen LogP contribution in [0.25, 0.3) is 0 Å². The third-order valence-electron chi connectivity index (χ3n) is 3.79. The highest BCUT2D eigenvalue weighted by molar-refractivity contribution is 6.30. The third-order valence-corrected chi connectivity index (χ3v) is 4.04. The minimum atomic E-state index is -0.129. The fraction of sp³-hybridized carbons (Fsp3) is 0.300. The Morgan fingerprint density at radius 1 is 1.00 bits per heavy atom. The van der Waals surface area contributed by atoms with Gasteiger partial charge in [-0.25, -0.2) is 0 Å². The first kappa shape index (κ1) is 20.7. The van der Waals surface area contributed by atoms with E-state index < -0.39 is 0 Å². The first-order chi connectivity index (χ1) is 12.8. The molecule has 27 heavy (non-hydrogen) atoms. The lowest BCUT2D eigenvalue weighted by Crippen LogP contribution is -2.33. The Balaban J connectivity index is 1.74. The molecule has 0 bridgehead atoms. The minimum absolute atomic E-state index is 0.0757. The van der Waals surface area contributed by atoms with Gasteiger partial charge < -0.3 is 15.0 Å². The Hall–Kier alpha value is -2.57. The van der Waals surface area contributed by atoms with Gasteiger partial charge in [-0.2, -0.15) is 0 Å². The van der Waals surface area contributed by atoms with Crippen molar-refractivity contribution in [2.24, 2.45) is 0 Å². The third kappa shape index (κ3) is 6.92. The molecule has 7 heteroatoms. The van der Waals surface area contributed by atoms with Gasteiger partial charge in [0, 0.05) is 36.9 Å². The Kier molecular flexibility index (Phi) is 7.64. The maximum absolute atomic E-state index is 12.1. The van der Waals surface area contributed by atoms with E-state index in [1.165, 1.54) is 4.90 Å². The molecule has 2 rings (SSSR count). The second-order valence-corrected chi connectivity index (χ2v) is 6.80. The fourth-order valence-electron chi connectivity index (χ4n) is 2.33. The second-order valence-electron chi connectivity index (χ2n) is 6.37. The van der Waals surface area contributed by atoms with Crippen LogP contribution in [-0.2, 0) is 4.79 Å². The molecule has 0 saturated carbocycles. The summed E-state index contributed by atoms with van der Waals surface area (Å²) < 4.78 is 5.62. The smallest absolute Gasteiger partial charge is 0.253 e. The number of carbonyl (C=O) groups excluding carboxylic acids is 2. The van der Waals surface area contributed by atoms with Gasteiger partial charge >= 0.3 is 0 Å². The number of halogens is 1. The number of nitrogens with one attached hydrogen (secondary N) is 1. The van der Waals surface area contributed by atoms with E-state index in [0.717, 1.165) is 5.75 Å². The van der Waals surface area contributed by atoms with Crippen LogP contribution in [0.3, 0.4) is 0 Å². The normalized spacial score (nSPS) is 10.6. The molecule has 2 aromatic rings. The van der Waals surface area contributed by atoms with E-state index in [-0.39, 0.29) is 18.4 Å². The van der Waals surface area contributed by atoms with Crippen LogP contribution in [0.1, 0.15) is 10.4 Å². The van der Waals surface area contributed by atoms with Gasteiger partial charge in [0.1, 0.15) is 12.4 Å². The molecule has 0 aliphatic carbocycles. The first-order valence-corrected chi connectivity index (χ1v) is 8.91. The Bertz CT molecular complexity index is 761. The van der Waals surface area contributed by atoms with Crippen LogP contribution >= 0.6 is 11.6 Å². The summed E-state index contributed by atoms with van der Waals surface area (Å²) in [6.45, 7) is 1.31. The average Bonchev–Trinajstić information content (AvgIpc) is 2.63. The maximum atomic E-state index is 12.1. The second kappa shape index (κ2) is 9.94. The monoisotopic (exact) mass is 389 g/mol. The van der Waals surface area contributed by atoms with Crippen molar-refractivity contribution in [3.05, 3.63) is 59.1 Å². The Morgan fingerprint density at radius 2 is 1.63 bits per heavy atom. The van der Waals surface area contributed by atoms with E-state index in [1.54, 1.807) is 62.6 Å². The lowest BCUT2D eigenvalue weighted by molar-refractivity contribution is -0.117. The van der Waals surface area contributed by atoms with Gasteiger partial charge in [0.15, 0.2) is 0 Å². The van der Waals surface area contributed by atoms with Crippen molar-refractivity contribution < 1.29 is 14.3 Å². The molecule has 0 spiro atoms. The number of anilines is 1. The van der Waals surface area contributed by atoms with Crippen LogP contribution in [0.2, 0.25) is 5.02 Å². The van der Waals surface area contributed by atoms with E-state index in [1.807, 2.05) is 11.9 Å². The number of rotatable bonds is 8. The summed E-state index contributed by atoms with van der Waals surface area (Å²) in [5, 5.41) is 3.48. The molecule has 2 aromatic carbocycles. The van der Waals surface area contributed by atoms with Gasteiger partial charge in [0.25, 0.3) is 5.91 Å². The molecule has 6 nitrogen and oxygen atoms in total. The van der Waals surface area contributed by atoms with Crippen LogP contribution in [0.15, 0.2) is 48.5 Å². The van der Waals surface area contributed by atoms with Gasteiger partial charge in [0.2, 0.25) is 5.91 Å². The van der Waals surface area contributed by atoms with E-state index in [0.29, 0.717) is 29.4 Å². The Morgan fingerprint density at radius 3 is 2.22 bits per heavy atom. The predicted molar refractivity (Wildman–Crippen MR) is 108 cm³/mol. The minimum Gasteiger partial charge on any atom is -0.492 e. The van der Waals surface area contributed by atoms with E-state index >= 15 is 0 Å². The summed E-state index contributed by atoms with van der Waals surface area (Å²) in [5.41, 5.74) is 1.23. The number of amides is 2. The van der Waals surface area contributed by atoms with E-state index in [9.17, 15) is 9.59 Å². The molecule has 0 aromatic heterocycles.